The zero-order chi connectivity index (χ0) is 18.8. The average Bonchev–Trinajstić information content (AvgIpc) is 2.60. The van der Waals surface area contributed by atoms with Gasteiger partial charge in [0.1, 0.15) is 6.04 Å². The van der Waals surface area contributed by atoms with Crippen molar-refractivity contribution in [1.29, 1.82) is 0 Å². The summed E-state index contributed by atoms with van der Waals surface area (Å²) in [6, 6.07) is 7.17. The van der Waals surface area contributed by atoms with Crippen molar-refractivity contribution in [3.63, 3.8) is 0 Å². The molecule has 1 rings (SSSR count). The SMILES string of the molecule is CSCC[C@H](N)C(=O)N[C@@H](CC(C)C)C(=O)N(C=O)c1ccccc1. The van der Waals surface area contributed by atoms with E-state index in [4.69, 9.17) is 5.73 Å². The molecule has 1 aromatic carbocycles. The first kappa shape index (κ1) is 21.2. The molecule has 0 aliphatic carbocycles. The monoisotopic (exact) mass is 365 g/mol. The summed E-state index contributed by atoms with van der Waals surface area (Å²) >= 11 is 1.61. The molecule has 3 N–H and O–H groups in total. The number of benzene rings is 1. The highest BCUT2D eigenvalue weighted by Crippen LogP contribution is 2.15. The number of anilines is 1. The Morgan fingerprint density at radius 1 is 1.28 bits per heavy atom. The first-order chi connectivity index (χ1) is 11.9. The predicted molar refractivity (Wildman–Crippen MR) is 102 cm³/mol. The van der Waals surface area contributed by atoms with E-state index in [1.54, 1.807) is 42.1 Å². The highest BCUT2D eigenvalue weighted by Gasteiger charge is 2.29. The Bertz CT molecular complexity index is 566. The largest absolute Gasteiger partial charge is 0.343 e. The number of thioether (sulfide) groups is 1. The quantitative estimate of drug-likeness (QED) is 0.617. The molecule has 0 saturated heterocycles. The van der Waals surface area contributed by atoms with Crippen LogP contribution >= 0.6 is 11.8 Å². The van der Waals surface area contributed by atoms with Gasteiger partial charge >= 0.3 is 0 Å². The molecule has 0 aromatic heterocycles. The molecule has 0 fully saturated rings. The summed E-state index contributed by atoms with van der Waals surface area (Å²) in [5, 5.41) is 2.72. The molecule has 138 valence electrons. The standard InChI is InChI=1S/C18H27N3O3S/c1-13(2)11-16(20-17(23)15(19)9-10-25-3)18(24)21(12-22)14-7-5-4-6-8-14/h4-8,12-13,15-16H,9-11,19H2,1-3H3,(H,20,23)/t15-,16-/m0/s1. The second-order valence-electron chi connectivity index (χ2n) is 6.23. The normalized spacial score (nSPS) is 13.2. The van der Waals surface area contributed by atoms with Crippen molar-refractivity contribution in [2.45, 2.75) is 38.8 Å². The first-order valence-corrected chi connectivity index (χ1v) is 9.68. The van der Waals surface area contributed by atoms with Crippen LogP contribution in [0.3, 0.4) is 0 Å². The van der Waals surface area contributed by atoms with E-state index in [1.807, 2.05) is 20.1 Å². The van der Waals surface area contributed by atoms with Gasteiger partial charge in [-0.25, -0.2) is 0 Å². The van der Waals surface area contributed by atoms with Gasteiger partial charge in [-0.05, 0) is 42.9 Å². The van der Waals surface area contributed by atoms with Crippen LogP contribution in [0.25, 0.3) is 0 Å². The molecule has 3 amide bonds. The molecule has 0 aliphatic heterocycles. The summed E-state index contributed by atoms with van der Waals surface area (Å²) in [4.78, 5) is 37.6. The molecular weight excluding hydrogens is 338 g/mol. The fourth-order valence-electron chi connectivity index (χ4n) is 2.34. The summed E-state index contributed by atoms with van der Waals surface area (Å²) in [6.07, 6.45) is 3.38. The number of imide groups is 1. The Kier molecular flexibility index (Phi) is 9.23. The number of hydrogen-bond acceptors (Lipinski definition) is 5. The van der Waals surface area contributed by atoms with Gasteiger partial charge in [0.2, 0.25) is 12.3 Å². The lowest BCUT2D eigenvalue weighted by Gasteiger charge is -2.26. The number of carbonyl (C=O) groups is 3. The molecule has 0 heterocycles. The first-order valence-electron chi connectivity index (χ1n) is 8.29. The zero-order valence-electron chi connectivity index (χ0n) is 15.0. The minimum Gasteiger partial charge on any atom is -0.343 e. The van der Waals surface area contributed by atoms with Crippen molar-refractivity contribution in [3.8, 4) is 0 Å². The molecule has 0 radical (unpaired) electrons. The number of nitrogens with zero attached hydrogens (tertiary/aromatic N) is 1. The number of rotatable bonds is 10. The molecular formula is C18H27N3O3S. The van der Waals surface area contributed by atoms with E-state index in [0.717, 1.165) is 10.7 Å². The van der Waals surface area contributed by atoms with Crippen molar-refractivity contribution in [2.75, 3.05) is 16.9 Å². The summed E-state index contributed by atoms with van der Waals surface area (Å²) in [5.74, 6) is 0.107. The third-order valence-electron chi connectivity index (χ3n) is 3.67. The topological polar surface area (TPSA) is 92.5 Å². The van der Waals surface area contributed by atoms with Gasteiger partial charge in [0.15, 0.2) is 0 Å². The van der Waals surface area contributed by atoms with E-state index >= 15 is 0 Å². The van der Waals surface area contributed by atoms with Crippen LogP contribution in [0, 0.1) is 5.92 Å². The van der Waals surface area contributed by atoms with Gasteiger partial charge in [-0.3, -0.25) is 19.3 Å². The van der Waals surface area contributed by atoms with Crippen LogP contribution < -0.4 is 16.0 Å². The van der Waals surface area contributed by atoms with Crippen LogP contribution in [0.1, 0.15) is 26.7 Å². The molecule has 0 saturated carbocycles. The summed E-state index contributed by atoms with van der Waals surface area (Å²) in [7, 11) is 0. The summed E-state index contributed by atoms with van der Waals surface area (Å²) in [5.41, 5.74) is 6.35. The Hall–Kier alpha value is -1.86. The van der Waals surface area contributed by atoms with E-state index in [2.05, 4.69) is 5.32 Å². The van der Waals surface area contributed by atoms with Crippen molar-refractivity contribution in [3.05, 3.63) is 30.3 Å². The van der Waals surface area contributed by atoms with E-state index in [-0.39, 0.29) is 11.8 Å². The van der Waals surface area contributed by atoms with Crippen LogP contribution in [-0.4, -0.2) is 42.3 Å². The van der Waals surface area contributed by atoms with E-state index in [1.165, 1.54) is 0 Å². The Morgan fingerprint density at radius 3 is 2.44 bits per heavy atom. The van der Waals surface area contributed by atoms with Crippen LogP contribution in [0.15, 0.2) is 30.3 Å². The van der Waals surface area contributed by atoms with Crippen molar-refractivity contribution in [2.24, 2.45) is 11.7 Å². The van der Waals surface area contributed by atoms with E-state index in [0.29, 0.717) is 24.9 Å². The van der Waals surface area contributed by atoms with Crippen LogP contribution in [-0.2, 0) is 14.4 Å². The maximum Gasteiger partial charge on any atom is 0.256 e. The number of amides is 3. The fourth-order valence-corrected chi connectivity index (χ4v) is 2.83. The van der Waals surface area contributed by atoms with Crippen molar-refractivity contribution >= 4 is 35.7 Å². The van der Waals surface area contributed by atoms with Crippen LogP contribution in [0.4, 0.5) is 5.69 Å². The molecule has 0 bridgehead atoms. The highest BCUT2D eigenvalue weighted by molar-refractivity contribution is 7.98. The molecule has 25 heavy (non-hydrogen) atoms. The molecule has 1 aromatic rings. The third-order valence-corrected chi connectivity index (χ3v) is 4.31. The third kappa shape index (κ3) is 6.88. The molecule has 0 aliphatic rings. The predicted octanol–water partition coefficient (Wildman–Crippen LogP) is 1.79. The smallest absolute Gasteiger partial charge is 0.256 e. The summed E-state index contributed by atoms with van der Waals surface area (Å²) in [6.45, 7) is 3.90. The van der Waals surface area contributed by atoms with E-state index in [9.17, 15) is 14.4 Å². The highest BCUT2D eigenvalue weighted by atomic mass is 32.2. The van der Waals surface area contributed by atoms with Gasteiger partial charge in [0.25, 0.3) is 5.91 Å². The number of para-hydroxylation sites is 1. The second-order valence-corrected chi connectivity index (χ2v) is 7.21. The van der Waals surface area contributed by atoms with Crippen molar-refractivity contribution in [1.82, 2.24) is 5.32 Å². The number of nitrogens with one attached hydrogen (secondary N) is 1. The fraction of sp³-hybridized carbons (Fsp3) is 0.500. The Labute approximate surface area is 153 Å². The lowest BCUT2D eigenvalue weighted by Crippen LogP contribution is -2.53. The van der Waals surface area contributed by atoms with Gasteiger partial charge in [-0.2, -0.15) is 11.8 Å². The molecule has 0 unspecified atom stereocenters. The van der Waals surface area contributed by atoms with Crippen LogP contribution in [0.2, 0.25) is 0 Å². The van der Waals surface area contributed by atoms with Gasteiger partial charge in [0, 0.05) is 0 Å². The van der Waals surface area contributed by atoms with Gasteiger partial charge < -0.3 is 11.1 Å². The average molecular weight is 365 g/mol. The zero-order valence-corrected chi connectivity index (χ0v) is 15.8. The van der Waals surface area contributed by atoms with Gasteiger partial charge in [-0.1, -0.05) is 32.0 Å². The number of nitrogens with two attached hydrogens (primary N) is 1. The minimum absolute atomic E-state index is 0.168. The summed E-state index contributed by atoms with van der Waals surface area (Å²) < 4.78 is 0. The van der Waals surface area contributed by atoms with Gasteiger partial charge in [0.05, 0.1) is 11.7 Å². The maximum absolute atomic E-state index is 12.8. The van der Waals surface area contributed by atoms with Crippen molar-refractivity contribution < 1.29 is 14.4 Å². The van der Waals surface area contributed by atoms with Gasteiger partial charge in [-0.15, -0.1) is 0 Å². The Morgan fingerprint density at radius 2 is 1.92 bits per heavy atom. The molecule has 0 spiro atoms. The molecule has 7 heteroatoms. The lowest BCUT2D eigenvalue weighted by atomic mass is 10.0. The maximum atomic E-state index is 12.8. The minimum atomic E-state index is -0.793. The second kappa shape index (κ2) is 10.9. The van der Waals surface area contributed by atoms with Crippen LogP contribution in [0.5, 0.6) is 0 Å². The lowest BCUT2D eigenvalue weighted by molar-refractivity contribution is -0.130. The molecule has 2 atom stereocenters. The number of hydrogen-bond donors (Lipinski definition) is 2. The Balaban J connectivity index is 2.91. The number of carbonyl (C=O) groups excluding carboxylic acids is 3. The molecule has 6 nitrogen and oxygen atoms in total. The van der Waals surface area contributed by atoms with E-state index < -0.39 is 18.0 Å².